The first kappa shape index (κ1) is 18.5. The molecule has 9 nitrogen and oxygen atoms in total. The van der Waals surface area contributed by atoms with Crippen LogP contribution in [0.15, 0.2) is 53.3 Å². The third kappa shape index (κ3) is 3.61. The fourth-order valence-electron chi connectivity index (χ4n) is 2.57. The van der Waals surface area contributed by atoms with Gasteiger partial charge in [-0.2, -0.15) is 5.26 Å². The number of aromatic nitrogens is 4. The van der Waals surface area contributed by atoms with Crippen molar-refractivity contribution >= 4 is 41.0 Å². The molecule has 0 bridgehead atoms. The summed E-state index contributed by atoms with van der Waals surface area (Å²) in [6.45, 7) is 5.08. The van der Waals surface area contributed by atoms with Crippen molar-refractivity contribution in [3.63, 3.8) is 0 Å². The topological polar surface area (TPSA) is 146 Å². The summed E-state index contributed by atoms with van der Waals surface area (Å²) in [5.74, 6) is -0.361. The highest BCUT2D eigenvalue weighted by atomic mass is 16.2. The van der Waals surface area contributed by atoms with Crippen molar-refractivity contribution < 1.29 is 4.79 Å². The maximum Gasteiger partial charge on any atom is 0.280 e. The molecule has 1 amide bonds. The molecule has 28 heavy (non-hydrogen) atoms. The zero-order valence-corrected chi connectivity index (χ0v) is 15.0. The van der Waals surface area contributed by atoms with E-state index in [1.165, 1.54) is 12.4 Å². The SMILES string of the molecule is C=N/C=C(C#N)\C(=C/C)c1cnc(N)c(C(=O)Nc2nc3ccccc3[nH]2)n1. The Morgan fingerprint density at radius 2 is 2.18 bits per heavy atom. The molecule has 0 saturated heterocycles. The number of fused-ring (bicyclic) bond motifs is 1. The van der Waals surface area contributed by atoms with E-state index in [2.05, 4.69) is 37.0 Å². The zero-order chi connectivity index (χ0) is 20.1. The number of aromatic amines is 1. The molecule has 1 aromatic carbocycles. The van der Waals surface area contributed by atoms with Gasteiger partial charge in [0, 0.05) is 11.8 Å². The van der Waals surface area contributed by atoms with Gasteiger partial charge in [0.05, 0.1) is 28.5 Å². The van der Waals surface area contributed by atoms with Gasteiger partial charge >= 0.3 is 0 Å². The number of carbonyl (C=O) groups excluding carboxylic acids is 1. The standard InChI is InChI=1S/C19H16N8O/c1-3-12(11(8-20)9-22-2)15-10-23-17(21)16(24-15)18(28)27-19-25-13-6-4-5-7-14(13)26-19/h3-7,9-10H,2H2,1H3,(H2,21,23)(H2,25,26,27,28)/b11-9-,12-3+. The van der Waals surface area contributed by atoms with Crippen LogP contribution >= 0.6 is 0 Å². The maximum absolute atomic E-state index is 12.7. The number of aliphatic imine (C=N–C) groups is 1. The van der Waals surface area contributed by atoms with Crippen LogP contribution in [0.1, 0.15) is 23.1 Å². The van der Waals surface area contributed by atoms with E-state index in [1.807, 2.05) is 30.3 Å². The second kappa shape index (κ2) is 7.92. The normalized spacial score (nSPS) is 11.9. The number of carbonyl (C=O) groups is 1. The lowest BCUT2D eigenvalue weighted by atomic mass is 10.0. The molecule has 0 radical (unpaired) electrons. The Morgan fingerprint density at radius 1 is 1.39 bits per heavy atom. The number of allylic oxidation sites excluding steroid dienone is 3. The monoisotopic (exact) mass is 372 g/mol. The highest BCUT2D eigenvalue weighted by molar-refractivity contribution is 6.05. The zero-order valence-electron chi connectivity index (χ0n) is 15.0. The Hall–Kier alpha value is -4.32. The van der Waals surface area contributed by atoms with Gasteiger partial charge in [-0.05, 0) is 25.8 Å². The van der Waals surface area contributed by atoms with Crippen molar-refractivity contribution in [2.75, 3.05) is 11.1 Å². The van der Waals surface area contributed by atoms with Crippen LogP contribution in [-0.2, 0) is 0 Å². The van der Waals surface area contributed by atoms with Crippen LogP contribution < -0.4 is 11.1 Å². The minimum Gasteiger partial charge on any atom is -0.382 e. The molecule has 4 N–H and O–H groups in total. The summed E-state index contributed by atoms with van der Waals surface area (Å²) in [5.41, 5.74) is 8.25. The van der Waals surface area contributed by atoms with Crippen LogP contribution in [0.3, 0.4) is 0 Å². The first-order chi connectivity index (χ1) is 13.6. The number of nitrogens with zero attached hydrogens (tertiary/aromatic N) is 5. The molecular formula is C19H16N8O. The van der Waals surface area contributed by atoms with E-state index >= 15 is 0 Å². The van der Waals surface area contributed by atoms with Gasteiger partial charge in [0.15, 0.2) is 11.5 Å². The van der Waals surface area contributed by atoms with Crippen LogP contribution in [0.4, 0.5) is 11.8 Å². The van der Waals surface area contributed by atoms with Gasteiger partial charge in [-0.1, -0.05) is 18.2 Å². The number of imidazole rings is 1. The summed E-state index contributed by atoms with van der Waals surface area (Å²) in [5, 5.41) is 11.9. The molecular weight excluding hydrogens is 356 g/mol. The third-order valence-electron chi connectivity index (χ3n) is 3.83. The van der Waals surface area contributed by atoms with Gasteiger partial charge < -0.3 is 10.7 Å². The number of nitrogen functional groups attached to an aromatic ring is 1. The first-order valence-electron chi connectivity index (χ1n) is 8.19. The Labute approximate surface area is 160 Å². The van der Waals surface area contributed by atoms with Crippen molar-refractivity contribution in [1.82, 2.24) is 19.9 Å². The van der Waals surface area contributed by atoms with Crippen LogP contribution in [0.25, 0.3) is 16.6 Å². The predicted octanol–water partition coefficient (Wildman–Crippen LogP) is 2.70. The van der Waals surface area contributed by atoms with Crippen LogP contribution in [-0.4, -0.2) is 32.6 Å². The Balaban J connectivity index is 1.94. The molecule has 0 spiro atoms. The number of hydrogen-bond donors (Lipinski definition) is 3. The second-order valence-corrected chi connectivity index (χ2v) is 5.59. The van der Waals surface area contributed by atoms with E-state index in [9.17, 15) is 10.1 Å². The Morgan fingerprint density at radius 3 is 2.86 bits per heavy atom. The van der Waals surface area contributed by atoms with E-state index in [-0.39, 0.29) is 23.0 Å². The van der Waals surface area contributed by atoms with Crippen LogP contribution in [0.5, 0.6) is 0 Å². The number of H-pyrrole nitrogens is 1. The molecule has 0 saturated carbocycles. The quantitative estimate of drug-likeness (QED) is 0.356. The molecule has 9 heteroatoms. The number of nitriles is 1. The molecule has 0 atom stereocenters. The fourth-order valence-corrected chi connectivity index (χ4v) is 2.57. The molecule has 0 aliphatic heterocycles. The predicted molar refractivity (Wildman–Crippen MR) is 107 cm³/mol. The van der Waals surface area contributed by atoms with E-state index in [4.69, 9.17) is 5.73 Å². The fraction of sp³-hybridized carbons (Fsp3) is 0.0526. The van der Waals surface area contributed by atoms with Gasteiger partial charge in [-0.25, -0.2) is 15.0 Å². The molecule has 3 rings (SSSR count). The van der Waals surface area contributed by atoms with Gasteiger partial charge in [0.25, 0.3) is 5.91 Å². The molecule has 0 aliphatic carbocycles. The highest BCUT2D eigenvalue weighted by Gasteiger charge is 2.18. The molecule has 0 aliphatic rings. The highest BCUT2D eigenvalue weighted by Crippen LogP contribution is 2.22. The van der Waals surface area contributed by atoms with E-state index in [0.717, 1.165) is 5.52 Å². The third-order valence-corrected chi connectivity index (χ3v) is 3.83. The minimum absolute atomic E-state index is 0.0443. The molecule has 3 aromatic rings. The number of anilines is 2. The van der Waals surface area contributed by atoms with Crippen molar-refractivity contribution in [3.8, 4) is 6.07 Å². The number of nitrogens with two attached hydrogens (primary N) is 1. The van der Waals surface area contributed by atoms with E-state index < -0.39 is 5.91 Å². The molecule has 2 aromatic heterocycles. The van der Waals surface area contributed by atoms with E-state index in [1.54, 1.807) is 13.0 Å². The van der Waals surface area contributed by atoms with Crippen molar-refractivity contribution in [2.45, 2.75) is 6.92 Å². The number of amides is 1. The molecule has 138 valence electrons. The number of benzene rings is 1. The number of nitrogens with one attached hydrogen (secondary N) is 2. The average molecular weight is 372 g/mol. The smallest absolute Gasteiger partial charge is 0.280 e. The van der Waals surface area contributed by atoms with Gasteiger partial charge in [-0.15, -0.1) is 0 Å². The average Bonchev–Trinajstić information content (AvgIpc) is 3.11. The second-order valence-electron chi connectivity index (χ2n) is 5.59. The summed E-state index contributed by atoms with van der Waals surface area (Å²) in [4.78, 5) is 31.9. The summed E-state index contributed by atoms with van der Waals surface area (Å²) < 4.78 is 0. The summed E-state index contributed by atoms with van der Waals surface area (Å²) in [6.07, 6.45) is 4.36. The van der Waals surface area contributed by atoms with Gasteiger partial charge in [0.1, 0.15) is 6.07 Å². The summed E-state index contributed by atoms with van der Waals surface area (Å²) in [6, 6.07) is 9.38. The van der Waals surface area contributed by atoms with Crippen LogP contribution in [0, 0.1) is 11.3 Å². The summed E-state index contributed by atoms with van der Waals surface area (Å²) in [7, 11) is 0. The number of hydrogen-bond acceptors (Lipinski definition) is 7. The summed E-state index contributed by atoms with van der Waals surface area (Å²) >= 11 is 0. The largest absolute Gasteiger partial charge is 0.382 e. The maximum atomic E-state index is 12.7. The minimum atomic E-state index is -0.578. The lowest BCUT2D eigenvalue weighted by Gasteiger charge is -2.08. The lowest BCUT2D eigenvalue weighted by molar-refractivity contribution is 0.102. The van der Waals surface area contributed by atoms with Crippen molar-refractivity contribution in [2.24, 2.45) is 4.99 Å². The number of rotatable bonds is 5. The lowest BCUT2D eigenvalue weighted by Crippen LogP contribution is -2.18. The molecule has 0 unspecified atom stereocenters. The first-order valence-corrected chi connectivity index (χ1v) is 8.19. The van der Waals surface area contributed by atoms with Crippen LogP contribution in [0.2, 0.25) is 0 Å². The number of para-hydroxylation sites is 2. The Kier molecular flexibility index (Phi) is 5.23. The van der Waals surface area contributed by atoms with Gasteiger partial charge in [0.2, 0.25) is 5.95 Å². The van der Waals surface area contributed by atoms with Crippen molar-refractivity contribution in [3.05, 3.63) is 59.7 Å². The Bertz CT molecular complexity index is 1130. The molecule has 0 fully saturated rings. The van der Waals surface area contributed by atoms with E-state index in [0.29, 0.717) is 16.8 Å². The molecule has 2 heterocycles. The van der Waals surface area contributed by atoms with Gasteiger partial charge in [-0.3, -0.25) is 15.1 Å². The van der Waals surface area contributed by atoms with Crippen molar-refractivity contribution in [1.29, 1.82) is 5.26 Å².